The number of hydrogen-bond acceptors (Lipinski definition) is 8. The van der Waals surface area contributed by atoms with E-state index in [4.69, 9.17) is 9.47 Å². The van der Waals surface area contributed by atoms with Crippen LogP contribution in [0, 0.1) is 5.82 Å². The number of benzene rings is 1. The molecule has 2 atom stereocenters. The number of amides is 1. The molecule has 2 aromatic heterocycles. The molecule has 3 heterocycles. The second-order valence-corrected chi connectivity index (χ2v) is 10.4. The minimum absolute atomic E-state index is 0.0149. The molecule has 1 fully saturated rings. The first-order valence-electron chi connectivity index (χ1n) is 12.6. The maximum Gasteiger partial charge on any atom is 0.408 e. The zero-order valence-electron chi connectivity index (χ0n) is 22.5. The minimum Gasteiger partial charge on any atom is -0.494 e. The number of aromatic nitrogens is 2. The molecule has 3 aromatic rings. The first-order chi connectivity index (χ1) is 18.8. The maximum absolute atomic E-state index is 14.1. The summed E-state index contributed by atoms with van der Waals surface area (Å²) in [5.74, 6) is -0.0194. The van der Waals surface area contributed by atoms with Crippen molar-refractivity contribution >= 4 is 22.8 Å². The van der Waals surface area contributed by atoms with Crippen molar-refractivity contribution in [3.05, 3.63) is 59.7 Å². The number of methoxy groups -OCH3 is 1. The smallest absolute Gasteiger partial charge is 0.408 e. The summed E-state index contributed by atoms with van der Waals surface area (Å²) < 4.78 is 66.4. The van der Waals surface area contributed by atoms with E-state index in [-0.39, 0.29) is 36.8 Å². The summed E-state index contributed by atoms with van der Waals surface area (Å²) in [6, 6.07) is 6.27. The van der Waals surface area contributed by atoms with Crippen LogP contribution in [0.5, 0.6) is 5.75 Å². The van der Waals surface area contributed by atoms with E-state index in [2.05, 4.69) is 25.5 Å². The van der Waals surface area contributed by atoms with Gasteiger partial charge in [0.05, 0.1) is 12.8 Å². The summed E-state index contributed by atoms with van der Waals surface area (Å²) in [7, 11) is 1.42. The Kier molecular flexibility index (Phi) is 8.52. The number of azo groups is 1. The Hall–Kier alpha value is -3.87. The van der Waals surface area contributed by atoms with Crippen molar-refractivity contribution in [3.8, 4) is 5.75 Å². The number of rotatable bonds is 7. The van der Waals surface area contributed by atoms with Gasteiger partial charge in [-0.2, -0.15) is 18.3 Å². The number of fused-ring (bicyclic) bond motifs is 1. The predicted octanol–water partition coefficient (Wildman–Crippen LogP) is 6.26. The highest BCUT2D eigenvalue weighted by Crippen LogP contribution is 2.39. The number of likely N-dealkylation sites (tertiary alicyclic amines) is 1. The number of nitrogens with one attached hydrogen (secondary N) is 1. The van der Waals surface area contributed by atoms with Crippen LogP contribution in [0.1, 0.15) is 44.5 Å². The van der Waals surface area contributed by atoms with Gasteiger partial charge in [0.1, 0.15) is 35.3 Å². The molecule has 1 saturated heterocycles. The molecule has 0 radical (unpaired) electrons. The molecule has 214 valence electrons. The van der Waals surface area contributed by atoms with Gasteiger partial charge in [-0.1, -0.05) is 12.1 Å². The molecule has 1 aliphatic rings. The van der Waals surface area contributed by atoms with Gasteiger partial charge in [0.2, 0.25) is 0 Å². The zero-order valence-corrected chi connectivity index (χ0v) is 22.5. The largest absolute Gasteiger partial charge is 0.494 e. The maximum atomic E-state index is 14.1. The number of carbonyl (C=O) groups is 1. The van der Waals surface area contributed by atoms with E-state index in [1.165, 1.54) is 36.3 Å². The second kappa shape index (κ2) is 11.7. The molecule has 0 unspecified atom stereocenters. The molecule has 1 aliphatic heterocycles. The highest BCUT2D eigenvalue weighted by Gasteiger charge is 2.47. The molecule has 4 rings (SSSR count). The molecule has 40 heavy (non-hydrogen) atoms. The standard InChI is InChI=1S/C27H30F4N6O3/c1-26(2,3)40-25(38)35-20-9-10-37(15-20)24(27(29,30)31)17-6-8-22(32-13-17)36-33-14-19-7-5-16-11-18(28)12-21(39-4)23(16)34-19/h5-8,11-13,20,24H,9-10,14-15H2,1-4H3,(H,35,38)/t20-,24+/m0/s1. The predicted molar refractivity (Wildman–Crippen MR) is 139 cm³/mol. The lowest BCUT2D eigenvalue weighted by Crippen LogP contribution is -2.42. The molecule has 0 aliphatic carbocycles. The number of halogens is 4. The normalized spacial score (nSPS) is 17.4. The molecular formula is C27H30F4N6O3. The van der Waals surface area contributed by atoms with Crippen LogP contribution in [0.4, 0.5) is 28.2 Å². The van der Waals surface area contributed by atoms with Crippen molar-refractivity contribution in [1.82, 2.24) is 20.2 Å². The first kappa shape index (κ1) is 29.1. The molecule has 1 N–H and O–H groups in total. The minimum atomic E-state index is -4.56. The zero-order chi connectivity index (χ0) is 29.1. The van der Waals surface area contributed by atoms with E-state index >= 15 is 0 Å². The highest BCUT2D eigenvalue weighted by atomic mass is 19.4. The fourth-order valence-corrected chi connectivity index (χ4v) is 4.47. The molecule has 1 aromatic carbocycles. The van der Waals surface area contributed by atoms with Gasteiger partial charge in [-0.3, -0.25) is 4.90 Å². The summed E-state index contributed by atoms with van der Waals surface area (Å²) in [6.45, 7) is 5.37. The third-order valence-electron chi connectivity index (χ3n) is 6.11. The van der Waals surface area contributed by atoms with Crippen LogP contribution < -0.4 is 10.1 Å². The quantitative estimate of drug-likeness (QED) is 0.269. The fraction of sp³-hybridized carbons (Fsp3) is 0.444. The van der Waals surface area contributed by atoms with Crippen molar-refractivity contribution in [3.63, 3.8) is 0 Å². The lowest BCUT2D eigenvalue weighted by atomic mass is 10.1. The van der Waals surface area contributed by atoms with E-state index in [9.17, 15) is 22.4 Å². The van der Waals surface area contributed by atoms with Gasteiger partial charge in [-0.05, 0) is 51.0 Å². The van der Waals surface area contributed by atoms with E-state index in [1.807, 2.05) is 0 Å². The number of alkyl carbamates (subject to hydrolysis) is 1. The van der Waals surface area contributed by atoms with Crippen molar-refractivity contribution in [1.29, 1.82) is 0 Å². The van der Waals surface area contributed by atoms with Gasteiger partial charge < -0.3 is 14.8 Å². The Balaban J connectivity index is 1.41. The molecule has 1 amide bonds. The highest BCUT2D eigenvalue weighted by molar-refractivity contribution is 5.84. The van der Waals surface area contributed by atoms with Gasteiger partial charge in [-0.25, -0.2) is 19.2 Å². The Morgan fingerprint density at radius 2 is 1.98 bits per heavy atom. The summed E-state index contributed by atoms with van der Waals surface area (Å²) in [6.07, 6.45) is -3.73. The molecule has 9 nitrogen and oxygen atoms in total. The van der Waals surface area contributed by atoms with Crippen LogP contribution in [-0.2, 0) is 11.3 Å². The summed E-state index contributed by atoms with van der Waals surface area (Å²) >= 11 is 0. The molecule has 0 bridgehead atoms. The van der Waals surface area contributed by atoms with Crippen LogP contribution in [-0.4, -0.2) is 59.0 Å². The molecule has 13 heteroatoms. The molecular weight excluding hydrogens is 532 g/mol. The molecule has 0 saturated carbocycles. The average Bonchev–Trinajstić information content (AvgIpc) is 3.29. The number of alkyl halides is 3. The van der Waals surface area contributed by atoms with Crippen molar-refractivity contribution < 1.29 is 31.8 Å². The van der Waals surface area contributed by atoms with E-state index in [0.29, 0.717) is 23.0 Å². The topological polar surface area (TPSA) is 101 Å². The second-order valence-electron chi connectivity index (χ2n) is 10.4. The van der Waals surface area contributed by atoms with Gasteiger partial charge in [-0.15, -0.1) is 5.11 Å². The van der Waals surface area contributed by atoms with E-state index in [1.54, 1.807) is 32.9 Å². The van der Waals surface area contributed by atoms with Crippen LogP contribution in [0.25, 0.3) is 10.9 Å². The summed E-state index contributed by atoms with van der Waals surface area (Å²) in [4.78, 5) is 21.8. The number of pyridine rings is 2. The average molecular weight is 563 g/mol. The number of ether oxygens (including phenoxy) is 2. The number of hydrogen-bond donors (Lipinski definition) is 1. The van der Waals surface area contributed by atoms with E-state index in [0.717, 1.165) is 6.20 Å². The first-order valence-corrected chi connectivity index (χ1v) is 12.6. The summed E-state index contributed by atoms with van der Waals surface area (Å²) in [5, 5.41) is 11.3. The molecule has 0 spiro atoms. The van der Waals surface area contributed by atoms with Crippen molar-refractivity contribution in [2.75, 3.05) is 20.2 Å². The van der Waals surface area contributed by atoms with E-state index < -0.39 is 35.8 Å². The lowest BCUT2D eigenvalue weighted by Gasteiger charge is -2.30. The number of carbonyl (C=O) groups excluding carboxylic acids is 1. The van der Waals surface area contributed by atoms with Crippen molar-refractivity contribution in [2.45, 2.75) is 57.6 Å². The lowest BCUT2D eigenvalue weighted by molar-refractivity contribution is -0.183. The Labute approximate surface area is 228 Å². The van der Waals surface area contributed by atoms with Crippen LogP contribution in [0.2, 0.25) is 0 Å². The Bertz CT molecular complexity index is 1380. The summed E-state index contributed by atoms with van der Waals surface area (Å²) in [5.41, 5.74) is 0.267. The van der Waals surface area contributed by atoms with Crippen LogP contribution in [0.15, 0.2) is 52.8 Å². The Morgan fingerprint density at radius 1 is 1.20 bits per heavy atom. The van der Waals surface area contributed by atoms with Crippen LogP contribution >= 0.6 is 0 Å². The fourth-order valence-electron chi connectivity index (χ4n) is 4.47. The van der Waals surface area contributed by atoms with Gasteiger partial charge >= 0.3 is 12.3 Å². The van der Waals surface area contributed by atoms with Crippen molar-refractivity contribution in [2.24, 2.45) is 10.2 Å². The van der Waals surface area contributed by atoms with Crippen LogP contribution in [0.3, 0.4) is 0 Å². The van der Waals surface area contributed by atoms with Gasteiger partial charge in [0, 0.05) is 36.8 Å². The third-order valence-corrected chi connectivity index (χ3v) is 6.11. The van der Waals surface area contributed by atoms with Gasteiger partial charge in [0.25, 0.3) is 0 Å². The third kappa shape index (κ3) is 7.40. The Morgan fingerprint density at radius 3 is 2.62 bits per heavy atom. The monoisotopic (exact) mass is 562 g/mol. The number of nitrogens with zero attached hydrogens (tertiary/aromatic N) is 5. The SMILES string of the molecule is COc1cc(F)cc2ccc(CN=Nc3ccc([C@@H](N4CC[C@H](NC(=O)OC(C)(C)C)C4)C(F)(F)F)cn3)nc12. The van der Waals surface area contributed by atoms with Gasteiger partial charge in [0.15, 0.2) is 5.82 Å².